The van der Waals surface area contributed by atoms with Gasteiger partial charge in [0.2, 0.25) is 35.4 Å². The van der Waals surface area contributed by atoms with Gasteiger partial charge in [0, 0.05) is 12.8 Å². The van der Waals surface area contributed by atoms with Gasteiger partial charge in [0.05, 0.1) is 38.0 Å². The van der Waals surface area contributed by atoms with Crippen LogP contribution in [0.15, 0.2) is 54.6 Å². The molecule has 2 aromatic rings. The normalized spacial score (nSPS) is 14.8. The van der Waals surface area contributed by atoms with E-state index in [9.17, 15) is 61.4 Å². The van der Waals surface area contributed by atoms with Gasteiger partial charge in [-0.05, 0) is 48.3 Å². The second-order valence-corrected chi connectivity index (χ2v) is 17.4. The maximum absolute atomic E-state index is 14.5. The second-order valence-electron chi connectivity index (χ2n) is 17.4. The summed E-state index contributed by atoms with van der Waals surface area (Å²) >= 11 is 0. The molecule has 0 bridgehead atoms. The fourth-order valence-electron chi connectivity index (χ4n) is 6.49. The van der Waals surface area contributed by atoms with E-state index < -0.39 is 127 Å². The van der Waals surface area contributed by atoms with E-state index in [1.54, 1.807) is 96.1 Å². The fraction of sp³-hybridized carbons (Fsp3) is 0.533. The standard InChI is InChI=1S/C45H61F3N6O12/c1-25(2)19-31(39(61)49-30(23-55)22-45(46,47)48)52-43(65)38(44(5,6)7)54-41(63)32(20-29-16-12-11-13-26(29)3)51-42(64)37(27(4)66-24-28-14-9-8-10-15-28)53-40(62)33(21-36(59)60)50-34(56)17-18-35(57)58/h8-16,23,25,27,30-33,37-38H,17-22,24H2,1-7H3,(H,49,61)(H,50,56)(H,51,64)(H,52,65)(H,53,62)(H,54,63)(H,57,58)(H,59,60)/t27-,30?,31-,32-,33-,37+,38+/m0/s1. The van der Waals surface area contributed by atoms with Crippen LogP contribution in [0.1, 0.15) is 90.3 Å². The van der Waals surface area contributed by atoms with E-state index in [0.717, 1.165) is 0 Å². The van der Waals surface area contributed by atoms with Gasteiger partial charge in [-0.1, -0.05) is 89.2 Å². The van der Waals surface area contributed by atoms with E-state index in [0.29, 0.717) is 16.7 Å². The van der Waals surface area contributed by atoms with Gasteiger partial charge >= 0.3 is 18.1 Å². The molecule has 1 unspecified atom stereocenters. The van der Waals surface area contributed by atoms with Crippen LogP contribution in [0.3, 0.4) is 0 Å². The van der Waals surface area contributed by atoms with Crippen LogP contribution in [0.25, 0.3) is 0 Å². The number of hydrogen-bond donors (Lipinski definition) is 8. The number of hydrogen-bond acceptors (Lipinski definition) is 10. The molecule has 0 saturated heterocycles. The number of carbonyl (C=O) groups excluding carboxylic acids is 7. The highest BCUT2D eigenvalue weighted by atomic mass is 19.4. The third-order valence-corrected chi connectivity index (χ3v) is 10.0. The average Bonchev–Trinajstić information content (AvgIpc) is 3.21. The van der Waals surface area contributed by atoms with Crippen molar-refractivity contribution < 1.29 is 71.3 Å². The number of benzene rings is 2. The molecule has 0 aliphatic rings. The number of carboxylic acid groups (broad SMARTS) is 2. The largest absolute Gasteiger partial charge is 0.481 e. The Balaban J connectivity index is 2.56. The molecule has 21 heteroatoms. The number of alkyl halides is 3. The van der Waals surface area contributed by atoms with Gasteiger partial charge in [-0.2, -0.15) is 13.2 Å². The molecule has 8 N–H and O–H groups in total. The Bertz CT molecular complexity index is 2010. The van der Waals surface area contributed by atoms with E-state index >= 15 is 0 Å². The van der Waals surface area contributed by atoms with Crippen molar-refractivity contribution in [2.75, 3.05) is 0 Å². The Kier molecular flexibility index (Phi) is 21.9. The molecule has 0 fully saturated rings. The van der Waals surface area contributed by atoms with Gasteiger partial charge in [0.15, 0.2) is 0 Å². The molecule has 7 atom stereocenters. The molecule has 0 aliphatic carbocycles. The highest BCUT2D eigenvalue weighted by Gasteiger charge is 2.40. The Labute approximate surface area is 380 Å². The first kappa shape index (κ1) is 55.8. The number of aryl methyl sites for hydroxylation is 1. The van der Waals surface area contributed by atoms with Crippen molar-refractivity contribution in [3.63, 3.8) is 0 Å². The topological polar surface area (TPSA) is 275 Å². The highest BCUT2D eigenvalue weighted by molar-refractivity contribution is 5.98. The third-order valence-electron chi connectivity index (χ3n) is 10.0. The molecular weight excluding hydrogens is 874 g/mol. The molecule has 0 saturated carbocycles. The monoisotopic (exact) mass is 934 g/mol. The number of ether oxygens (including phenoxy) is 1. The lowest BCUT2D eigenvalue weighted by Gasteiger charge is -2.34. The Hall–Kier alpha value is -6.38. The summed E-state index contributed by atoms with van der Waals surface area (Å²) in [5.41, 5.74) is 0.843. The average molecular weight is 935 g/mol. The zero-order valence-corrected chi connectivity index (χ0v) is 38.0. The van der Waals surface area contributed by atoms with Crippen LogP contribution in [0.4, 0.5) is 13.2 Å². The van der Waals surface area contributed by atoms with Crippen LogP contribution in [0.2, 0.25) is 0 Å². The van der Waals surface area contributed by atoms with Crippen molar-refractivity contribution in [1.82, 2.24) is 31.9 Å². The minimum absolute atomic E-state index is 0.0653. The number of aldehydes is 1. The van der Waals surface area contributed by atoms with Gasteiger partial charge in [-0.25, -0.2) is 0 Å². The van der Waals surface area contributed by atoms with Crippen LogP contribution in [0, 0.1) is 18.3 Å². The summed E-state index contributed by atoms with van der Waals surface area (Å²) < 4.78 is 45.3. The SMILES string of the molecule is Cc1ccccc1C[C@H](NC(=O)[C@H](NC(=O)[C@H](CC(=O)O)NC(=O)CCC(=O)O)[C@H](C)OCc1ccccc1)C(=O)N[C@H](C(=O)N[C@@H](CC(C)C)C(=O)NC(C=O)CC(F)(F)F)C(C)(C)C. The van der Waals surface area contributed by atoms with Gasteiger partial charge in [0.25, 0.3) is 0 Å². The Morgan fingerprint density at radius 2 is 1.26 bits per heavy atom. The number of carboxylic acids is 2. The van der Waals surface area contributed by atoms with Gasteiger partial charge in [-0.3, -0.25) is 38.4 Å². The molecule has 66 heavy (non-hydrogen) atoms. The fourth-order valence-corrected chi connectivity index (χ4v) is 6.49. The molecule has 0 heterocycles. The van der Waals surface area contributed by atoms with E-state index in [-0.39, 0.29) is 31.7 Å². The third kappa shape index (κ3) is 20.2. The molecule has 2 rings (SSSR count). The minimum atomic E-state index is -4.79. The molecule has 18 nitrogen and oxygen atoms in total. The van der Waals surface area contributed by atoms with Crippen LogP contribution in [-0.4, -0.2) is 112 Å². The van der Waals surface area contributed by atoms with Crippen molar-refractivity contribution >= 4 is 53.7 Å². The first-order valence-corrected chi connectivity index (χ1v) is 21.2. The zero-order chi connectivity index (χ0) is 49.9. The number of amides is 6. The summed E-state index contributed by atoms with van der Waals surface area (Å²) in [6.45, 7) is 11.2. The molecule has 364 valence electrons. The zero-order valence-electron chi connectivity index (χ0n) is 38.0. The Morgan fingerprint density at radius 3 is 1.80 bits per heavy atom. The van der Waals surface area contributed by atoms with Crippen molar-refractivity contribution in [3.05, 3.63) is 71.3 Å². The lowest BCUT2D eigenvalue weighted by atomic mass is 9.85. The first-order chi connectivity index (χ1) is 30.7. The number of rotatable bonds is 26. The molecule has 6 amide bonds. The maximum atomic E-state index is 14.5. The van der Waals surface area contributed by atoms with Gasteiger partial charge in [0.1, 0.15) is 36.5 Å². The summed E-state index contributed by atoms with van der Waals surface area (Å²) in [6, 6.07) is 5.76. The first-order valence-electron chi connectivity index (χ1n) is 21.2. The molecule has 0 aromatic heterocycles. The van der Waals surface area contributed by atoms with E-state index in [1.807, 2.05) is 5.32 Å². The van der Waals surface area contributed by atoms with E-state index in [1.165, 1.54) is 6.92 Å². The lowest BCUT2D eigenvalue weighted by molar-refractivity contribution is -0.147. The quantitative estimate of drug-likeness (QED) is 0.0633. The maximum Gasteiger partial charge on any atom is 0.391 e. The van der Waals surface area contributed by atoms with Crippen molar-refractivity contribution in [2.45, 2.75) is 142 Å². The number of carbonyl (C=O) groups is 9. The van der Waals surface area contributed by atoms with Crippen LogP contribution in [0.5, 0.6) is 0 Å². The van der Waals surface area contributed by atoms with E-state index in [2.05, 4.69) is 26.6 Å². The van der Waals surface area contributed by atoms with Crippen molar-refractivity contribution in [2.24, 2.45) is 11.3 Å². The predicted octanol–water partition coefficient (Wildman–Crippen LogP) is 2.63. The van der Waals surface area contributed by atoms with Crippen LogP contribution in [-0.2, 0) is 60.9 Å². The van der Waals surface area contributed by atoms with Crippen molar-refractivity contribution in [3.8, 4) is 0 Å². The smallest absolute Gasteiger partial charge is 0.391 e. The Morgan fingerprint density at radius 1 is 0.682 bits per heavy atom. The molecule has 0 aliphatic heterocycles. The summed E-state index contributed by atoms with van der Waals surface area (Å²) in [6.07, 6.45) is -10.1. The van der Waals surface area contributed by atoms with Crippen molar-refractivity contribution in [1.29, 1.82) is 0 Å². The van der Waals surface area contributed by atoms with Gasteiger partial charge in [-0.15, -0.1) is 0 Å². The van der Waals surface area contributed by atoms with Gasteiger partial charge < -0.3 is 51.6 Å². The molecule has 2 aromatic carbocycles. The lowest BCUT2D eigenvalue weighted by Crippen LogP contribution is -2.63. The highest BCUT2D eigenvalue weighted by Crippen LogP contribution is 2.23. The summed E-state index contributed by atoms with van der Waals surface area (Å²) in [5.74, 6) is -9.15. The number of nitrogens with one attached hydrogen (secondary N) is 6. The molecule has 0 radical (unpaired) electrons. The summed E-state index contributed by atoms with van der Waals surface area (Å²) in [4.78, 5) is 117. The predicted molar refractivity (Wildman–Crippen MR) is 232 cm³/mol. The summed E-state index contributed by atoms with van der Waals surface area (Å²) in [7, 11) is 0. The van der Waals surface area contributed by atoms with Crippen LogP contribution >= 0.6 is 0 Å². The second kappa shape index (κ2) is 25.9. The summed E-state index contributed by atoms with van der Waals surface area (Å²) in [5, 5.41) is 33.0. The number of halogens is 3. The van der Waals surface area contributed by atoms with Crippen LogP contribution < -0.4 is 31.9 Å². The van der Waals surface area contributed by atoms with E-state index in [4.69, 9.17) is 9.84 Å². The molecular formula is C45H61F3N6O12. The minimum Gasteiger partial charge on any atom is -0.481 e. The number of aliphatic carboxylic acids is 2. The molecule has 0 spiro atoms.